The lowest BCUT2D eigenvalue weighted by molar-refractivity contribution is -0.155. The second-order valence-electron chi connectivity index (χ2n) is 16.8. The molecule has 0 radical (unpaired) electrons. The fourth-order valence-corrected chi connectivity index (χ4v) is 8.82. The van der Waals surface area contributed by atoms with Crippen LogP contribution in [0.15, 0.2) is 42.5 Å². The molecule has 0 fully saturated rings. The van der Waals surface area contributed by atoms with Crippen LogP contribution in [-0.4, -0.2) is 88.7 Å². The number of pyridine rings is 1. The number of hydrogen-bond donors (Lipinski definition) is 3. The van der Waals surface area contributed by atoms with Gasteiger partial charge in [0.1, 0.15) is 36.1 Å². The minimum absolute atomic E-state index is 0.0343. The second-order valence-corrected chi connectivity index (χ2v) is 19.4. The number of aromatic nitrogens is 5. The Morgan fingerprint density at radius 1 is 0.972 bits per heavy atom. The molecule has 3 heterocycles. The third kappa shape index (κ3) is 12.3. The topological polar surface area (TPSA) is 182 Å². The summed E-state index contributed by atoms with van der Waals surface area (Å²) >= 11 is 8.59. The average Bonchev–Trinajstić information content (AvgIpc) is 3.90. The van der Waals surface area contributed by atoms with Crippen LogP contribution in [0.5, 0.6) is 0 Å². The lowest BCUT2D eigenvalue weighted by Gasteiger charge is -2.23. The summed E-state index contributed by atoms with van der Waals surface area (Å²) in [7, 11) is 0. The maximum absolute atomic E-state index is 15.4. The molecule has 2 amide bonds. The van der Waals surface area contributed by atoms with Crippen molar-refractivity contribution in [3.8, 4) is 23.0 Å². The van der Waals surface area contributed by atoms with E-state index >= 15 is 8.78 Å². The lowest BCUT2D eigenvalue weighted by Crippen LogP contribution is -2.35. The van der Waals surface area contributed by atoms with Crippen molar-refractivity contribution in [2.24, 2.45) is 5.92 Å². The molecular formula is C45H40ClF10N7O7S2. The van der Waals surface area contributed by atoms with Gasteiger partial charge in [-0.1, -0.05) is 30.5 Å². The molecule has 3 N–H and O–H groups in total. The maximum Gasteiger partial charge on any atom is 0.435 e. The summed E-state index contributed by atoms with van der Waals surface area (Å²) in [4.78, 5) is 55.2. The zero-order valence-electron chi connectivity index (χ0n) is 38.1. The van der Waals surface area contributed by atoms with Gasteiger partial charge in [-0.05, 0) is 86.2 Å². The molecule has 0 saturated heterocycles. The highest BCUT2D eigenvalue weighted by atomic mass is 35.5. The monoisotopic (exact) mass is 1080 g/mol. The van der Waals surface area contributed by atoms with Crippen LogP contribution in [0.3, 0.4) is 0 Å². The summed E-state index contributed by atoms with van der Waals surface area (Å²) in [6, 6.07) is 5.70. The number of aliphatic carboxylic acids is 2. The summed E-state index contributed by atoms with van der Waals surface area (Å²) < 4.78 is 152. The van der Waals surface area contributed by atoms with E-state index in [9.17, 15) is 64.5 Å². The minimum atomic E-state index is -5.21. The van der Waals surface area contributed by atoms with Gasteiger partial charge < -0.3 is 20.3 Å². The normalized spacial score (nSPS) is 15.0. The first-order chi connectivity index (χ1) is 33.4. The highest BCUT2D eigenvalue weighted by Crippen LogP contribution is 2.52. The predicted molar refractivity (Wildman–Crippen MR) is 244 cm³/mol. The number of alkyl halides is 8. The number of carboxylic acids is 2. The molecule has 5 aromatic rings. The second kappa shape index (κ2) is 21.1. The van der Waals surface area contributed by atoms with Crippen molar-refractivity contribution in [3.63, 3.8) is 0 Å². The van der Waals surface area contributed by atoms with E-state index in [2.05, 4.69) is 32.3 Å². The number of anilines is 1. The van der Waals surface area contributed by atoms with Crippen LogP contribution in [0.1, 0.15) is 79.5 Å². The van der Waals surface area contributed by atoms with Crippen molar-refractivity contribution in [2.75, 3.05) is 23.4 Å². The van der Waals surface area contributed by atoms with Gasteiger partial charge >= 0.3 is 30.4 Å². The van der Waals surface area contributed by atoms with Crippen molar-refractivity contribution in [1.29, 1.82) is 0 Å². The molecule has 6 rings (SSSR count). The highest BCUT2D eigenvalue weighted by Gasteiger charge is 2.53. The Morgan fingerprint density at radius 3 is 2.19 bits per heavy atom. The lowest BCUT2D eigenvalue weighted by atomic mass is 9.93. The number of halogens is 11. The Morgan fingerprint density at radius 2 is 1.61 bits per heavy atom. The van der Waals surface area contributed by atoms with Gasteiger partial charge in [0.05, 0.1) is 39.0 Å². The standard InChI is InChI=1S/C45H40ClF10N7O7S2/c1-21-18-43(49,50)37-32(21)36(45(54,55)56)59-61(37)19-31(64)58-30(16-22-14-23(47)17-24(48)15-22)34-26(7-6-25(57-34)10-12-42(2,3)71-4)27-8-9-29(46)33-35(27)62(20-44(51,52)53)60-38(33)63(72-5)41(69)70-13-11-28(39(65)66)40(67)68/h6-9,14-15,17,21,28,30H,11,13,16,18-20H2,1-5H3,(H,58,64)(H,65,66)(H,67,68)/t21-,30?/m0/s1. The fourth-order valence-electron chi connectivity index (χ4n) is 7.92. The largest absolute Gasteiger partial charge is 0.481 e. The van der Waals surface area contributed by atoms with E-state index < -0.39 is 144 Å². The molecule has 72 heavy (non-hydrogen) atoms. The van der Waals surface area contributed by atoms with Crippen LogP contribution in [0.25, 0.3) is 22.0 Å². The molecule has 3 aromatic heterocycles. The number of rotatable bonds is 16. The molecule has 1 aliphatic rings. The van der Waals surface area contributed by atoms with Gasteiger partial charge in [0.25, 0.3) is 5.92 Å². The van der Waals surface area contributed by atoms with Crippen molar-refractivity contribution in [3.05, 3.63) is 93.0 Å². The number of carbonyl (C=O) groups is 4. The van der Waals surface area contributed by atoms with Crippen molar-refractivity contribution < 1.29 is 78.0 Å². The van der Waals surface area contributed by atoms with Crippen molar-refractivity contribution >= 4 is 76.0 Å². The van der Waals surface area contributed by atoms with E-state index in [0.717, 1.165) is 19.1 Å². The number of carboxylic acid groups (broad SMARTS) is 2. The summed E-state index contributed by atoms with van der Waals surface area (Å²) in [5, 5.41) is 27.9. The van der Waals surface area contributed by atoms with Gasteiger partial charge in [-0.25, -0.2) is 18.6 Å². The molecule has 27 heteroatoms. The molecule has 14 nitrogen and oxygen atoms in total. The maximum atomic E-state index is 15.4. The van der Waals surface area contributed by atoms with E-state index in [1.807, 2.05) is 0 Å². The number of fused-ring (bicyclic) bond motifs is 2. The van der Waals surface area contributed by atoms with Gasteiger partial charge in [-0.15, -0.1) is 11.8 Å². The average molecular weight is 1080 g/mol. The molecule has 0 bridgehead atoms. The highest BCUT2D eigenvalue weighted by molar-refractivity contribution is 8.00. The zero-order chi connectivity index (χ0) is 53.4. The van der Waals surface area contributed by atoms with Crippen LogP contribution in [0.2, 0.25) is 5.02 Å². The molecule has 386 valence electrons. The first kappa shape index (κ1) is 55.1. The third-order valence-corrected chi connectivity index (χ3v) is 13.2. The number of ether oxygens (including phenoxy) is 1. The van der Waals surface area contributed by atoms with Gasteiger partial charge in [-0.2, -0.15) is 49.6 Å². The van der Waals surface area contributed by atoms with E-state index in [4.69, 9.17) is 16.3 Å². The Kier molecular flexibility index (Phi) is 16.2. The zero-order valence-corrected chi connectivity index (χ0v) is 40.5. The third-order valence-electron chi connectivity index (χ3n) is 11.1. The van der Waals surface area contributed by atoms with Crippen molar-refractivity contribution in [2.45, 2.75) is 88.1 Å². The smallest absolute Gasteiger partial charge is 0.435 e. The van der Waals surface area contributed by atoms with Crippen LogP contribution < -0.4 is 9.62 Å². The van der Waals surface area contributed by atoms with E-state index in [0.29, 0.717) is 27.0 Å². The number of nitrogens with one attached hydrogen (secondary N) is 1. The summed E-state index contributed by atoms with van der Waals surface area (Å²) in [6.45, 7) is 0.789. The molecule has 2 aromatic carbocycles. The molecule has 0 saturated carbocycles. The molecule has 0 aliphatic heterocycles. The fraction of sp³-hybridized carbons (Fsp3) is 0.400. The Balaban J connectivity index is 1.57. The van der Waals surface area contributed by atoms with Crippen molar-refractivity contribution in [1.82, 2.24) is 29.9 Å². The minimum Gasteiger partial charge on any atom is -0.481 e. The summed E-state index contributed by atoms with van der Waals surface area (Å²) in [6.07, 6.45) is -10.9. The molecule has 1 unspecified atom stereocenters. The molecule has 0 spiro atoms. The number of hydrogen-bond acceptors (Lipinski definition) is 10. The SMILES string of the molecule is CSN(C(=O)OCCC(C(=O)O)C(=O)O)c1nn(CC(F)(F)F)c2c(-c3ccc(C#CC(C)(C)SC)nc3C(Cc3cc(F)cc(F)c3)NC(=O)Cn3nc(C(F)(F)F)c4c3C(F)(F)C[C@@H]4C)ccc(Cl)c12. The van der Waals surface area contributed by atoms with E-state index in [-0.39, 0.29) is 43.2 Å². The first-order valence-corrected chi connectivity index (χ1v) is 23.9. The van der Waals surface area contributed by atoms with Gasteiger partial charge in [-0.3, -0.25) is 23.7 Å². The summed E-state index contributed by atoms with van der Waals surface area (Å²) in [5.74, 6) is -8.77. The Labute approximate surface area is 415 Å². The number of amides is 2. The van der Waals surface area contributed by atoms with E-state index in [1.165, 1.54) is 42.3 Å². The number of carbonyl (C=O) groups excluding carboxylic acids is 2. The number of nitrogens with zero attached hydrogens (tertiary/aromatic N) is 6. The van der Waals surface area contributed by atoms with Gasteiger partial charge in [0, 0.05) is 41.9 Å². The molecule has 2 atom stereocenters. The van der Waals surface area contributed by atoms with Crippen LogP contribution in [0.4, 0.5) is 54.5 Å². The Bertz CT molecular complexity index is 2970. The Hall–Kier alpha value is -6.20. The quantitative estimate of drug-likeness (QED) is 0.0369. The molecule has 1 aliphatic carbocycles. The summed E-state index contributed by atoms with van der Waals surface area (Å²) in [5.41, 5.74) is -4.86. The van der Waals surface area contributed by atoms with Gasteiger partial charge in [0.2, 0.25) is 5.91 Å². The number of benzene rings is 2. The first-order valence-electron chi connectivity index (χ1n) is 21.1. The molecular weight excluding hydrogens is 1040 g/mol. The van der Waals surface area contributed by atoms with Gasteiger partial charge in [0.15, 0.2) is 17.4 Å². The van der Waals surface area contributed by atoms with E-state index in [1.54, 1.807) is 20.1 Å². The van der Waals surface area contributed by atoms with Crippen LogP contribution in [0, 0.1) is 29.4 Å². The number of thioether (sulfide) groups is 1. The predicted octanol–water partition coefficient (Wildman–Crippen LogP) is 10.4. The van der Waals surface area contributed by atoms with Crippen LogP contribution in [-0.2, 0) is 50.7 Å². The van der Waals surface area contributed by atoms with Crippen LogP contribution >= 0.6 is 35.3 Å².